The lowest BCUT2D eigenvalue weighted by atomic mass is 9.97. The van der Waals surface area contributed by atoms with Crippen LogP contribution in [0.3, 0.4) is 0 Å². The molecule has 2 bridgehead atoms. The predicted molar refractivity (Wildman–Crippen MR) is 118 cm³/mol. The summed E-state index contributed by atoms with van der Waals surface area (Å²) in [5.74, 6) is 0.0614. The smallest absolute Gasteiger partial charge is 0.254 e. The lowest BCUT2D eigenvalue weighted by Crippen LogP contribution is -2.48. The summed E-state index contributed by atoms with van der Waals surface area (Å²) in [7, 11) is 4.30. The Morgan fingerprint density at radius 2 is 1.62 bits per heavy atom. The number of piperidine rings is 1. The van der Waals surface area contributed by atoms with Crippen LogP contribution in [0.4, 0.5) is 0 Å². The molecule has 150 valence electrons. The summed E-state index contributed by atoms with van der Waals surface area (Å²) in [6.45, 7) is 2.09. The zero-order valence-electron chi connectivity index (χ0n) is 17.5. The molecule has 1 amide bonds. The minimum absolute atomic E-state index is 0.0614. The second-order valence-corrected chi connectivity index (χ2v) is 8.86. The van der Waals surface area contributed by atoms with Gasteiger partial charge in [-0.1, -0.05) is 48.0 Å². The minimum atomic E-state index is 0.0614. The van der Waals surface area contributed by atoms with Crippen molar-refractivity contribution in [3.05, 3.63) is 59.7 Å². The van der Waals surface area contributed by atoms with E-state index in [9.17, 15) is 4.79 Å². The molecule has 2 fully saturated rings. The normalized spacial score (nSPS) is 24.2. The van der Waals surface area contributed by atoms with E-state index in [1.807, 2.05) is 12.1 Å². The van der Waals surface area contributed by atoms with Gasteiger partial charge in [0, 0.05) is 36.1 Å². The van der Waals surface area contributed by atoms with Crippen molar-refractivity contribution < 1.29 is 4.79 Å². The third-order valence-electron chi connectivity index (χ3n) is 7.09. The molecule has 2 saturated heterocycles. The van der Waals surface area contributed by atoms with Crippen molar-refractivity contribution in [3.63, 3.8) is 0 Å². The van der Waals surface area contributed by atoms with Crippen LogP contribution in [-0.2, 0) is 7.05 Å². The van der Waals surface area contributed by atoms with Crippen LogP contribution in [0, 0.1) is 6.92 Å². The molecule has 2 aromatic carbocycles. The van der Waals surface area contributed by atoms with E-state index in [1.54, 1.807) is 0 Å². The van der Waals surface area contributed by atoms with Crippen molar-refractivity contribution in [2.45, 2.75) is 50.7 Å². The van der Waals surface area contributed by atoms with Gasteiger partial charge in [0.25, 0.3) is 5.91 Å². The highest BCUT2D eigenvalue weighted by molar-refractivity contribution is 6.12. The van der Waals surface area contributed by atoms with Gasteiger partial charge in [-0.15, -0.1) is 0 Å². The molecule has 4 heteroatoms. The molecule has 5 rings (SSSR count). The van der Waals surface area contributed by atoms with Gasteiger partial charge < -0.3 is 14.8 Å². The summed E-state index contributed by atoms with van der Waals surface area (Å²) in [6.07, 6.45) is 4.64. The summed E-state index contributed by atoms with van der Waals surface area (Å²) in [6, 6.07) is 18.2. The third-order valence-corrected chi connectivity index (χ3v) is 7.09. The second-order valence-electron chi connectivity index (χ2n) is 8.86. The molecule has 0 saturated carbocycles. The van der Waals surface area contributed by atoms with Crippen LogP contribution in [0.15, 0.2) is 48.5 Å². The van der Waals surface area contributed by atoms with E-state index in [-0.39, 0.29) is 11.9 Å². The van der Waals surface area contributed by atoms with Crippen molar-refractivity contribution in [2.75, 3.05) is 7.05 Å². The molecule has 0 spiro atoms. The average molecular weight is 388 g/mol. The van der Waals surface area contributed by atoms with E-state index in [2.05, 4.69) is 72.2 Å². The maximum Gasteiger partial charge on any atom is 0.254 e. The highest BCUT2D eigenvalue weighted by Gasteiger charge is 2.39. The number of nitrogens with one attached hydrogen (secondary N) is 1. The van der Waals surface area contributed by atoms with Gasteiger partial charge in [0.1, 0.15) is 0 Å². The SMILES string of the molecule is Cc1ccc(-c2c(C(=O)NC3CC4CCC(C3)N4C)c3ccccc3n2C)cc1. The standard InChI is InChI=1S/C25H29N3O/c1-16-8-10-17(11-9-16)24-23(21-6-4-5-7-22(21)28(24)3)25(29)26-18-14-19-12-13-20(15-18)27(19)2/h4-11,18-20H,12-15H2,1-3H3,(H,26,29). The van der Waals surface area contributed by atoms with Crippen LogP contribution in [0.25, 0.3) is 22.2 Å². The molecular formula is C25H29N3O. The first kappa shape index (κ1) is 18.4. The predicted octanol–water partition coefficient (Wildman–Crippen LogP) is 4.51. The Balaban J connectivity index is 1.54. The minimum Gasteiger partial charge on any atom is -0.349 e. The monoisotopic (exact) mass is 387 g/mol. The van der Waals surface area contributed by atoms with Gasteiger partial charge in [-0.25, -0.2) is 0 Å². The zero-order valence-corrected chi connectivity index (χ0v) is 17.5. The highest BCUT2D eigenvalue weighted by atomic mass is 16.1. The number of carbonyl (C=O) groups is 1. The van der Waals surface area contributed by atoms with Crippen LogP contribution in [0.1, 0.15) is 41.6 Å². The maximum absolute atomic E-state index is 13.6. The number of hydrogen-bond donors (Lipinski definition) is 1. The Labute approximate surface area is 172 Å². The maximum atomic E-state index is 13.6. The largest absolute Gasteiger partial charge is 0.349 e. The number of aryl methyl sites for hydroxylation is 2. The van der Waals surface area contributed by atoms with Crippen LogP contribution in [-0.4, -0.2) is 40.5 Å². The molecule has 29 heavy (non-hydrogen) atoms. The Morgan fingerprint density at radius 3 is 2.31 bits per heavy atom. The van der Waals surface area contributed by atoms with Crippen molar-refractivity contribution in [2.24, 2.45) is 7.05 Å². The van der Waals surface area contributed by atoms with E-state index in [4.69, 9.17) is 0 Å². The van der Waals surface area contributed by atoms with Gasteiger partial charge >= 0.3 is 0 Å². The molecule has 2 unspecified atom stereocenters. The zero-order chi connectivity index (χ0) is 20.1. The molecular weight excluding hydrogens is 358 g/mol. The molecule has 3 heterocycles. The van der Waals surface area contributed by atoms with Gasteiger partial charge in [-0.3, -0.25) is 4.79 Å². The number of amides is 1. The van der Waals surface area contributed by atoms with Crippen LogP contribution < -0.4 is 5.32 Å². The van der Waals surface area contributed by atoms with Gasteiger partial charge in [0.05, 0.1) is 11.3 Å². The van der Waals surface area contributed by atoms with Gasteiger partial charge in [-0.2, -0.15) is 0 Å². The van der Waals surface area contributed by atoms with E-state index >= 15 is 0 Å². The molecule has 4 nitrogen and oxygen atoms in total. The molecule has 2 aliphatic heterocycles. The summed E-state index contributed by atoms with van der Waals surface area (Å²) in [4.78, 5) is 16.1. The first-order chi connectivity index (χ1) is 14.0. The van der Waals surface area contributed by atoms with Gasteiger partial charge in [0.15, 0.2) is 0 Å². The lowest BCUT2D eigenvalue weighted by Gasteiger charge is -2.36. The number of hydrogen-bond acceptors (Lipinski definition) is 2. The summed E-state index contributed by atoms with van der Waals surface area (Å²) in [5.41, 5.74) is 5.21. The molecule has 0 radical (unpaired) electrons. The fraction of sp³-hybridized carbons (Fsp3) is 0.400. The Morgan fingerprint density at radius 1 is 0.966 bits per heavy atom. The molecule has 0 aliphatic carbocycles. The van der Waals surface area contributed by atoms with Crippen molar-refractivity contribution in [3.8, 4) is 11.3 Å². The molecule has 2 aliphatic rings. The Kier molecular flexibility index (Phi) is 4.47. The van der Waals surface area contributed by atoms with E-state index in [1.165, 1.54) is 18.4 Å². The van der Waals surface area contributed by atoms with Gasteiger partial charge in [0.2, 0.25) is 0 Å². The number of benzene rings is 2. The van der Waals surface area contributed by atoms with E-state index in [0.717, 1.165) is 40.6 Å². The average Bonchev–Trinajstić information content (AvgIpc) is 3.11. The molecule has 1 aromatic heterocycles. The second kappa shape index (κ2) is 7.03. The fourth-order valence-corrected chi connectivity index (χ4v) is 5.46. The van der Waals surface area contributed by atoms with Crippen molar-refractivity contribution in [1.82, 2.24) is 14.8 Å². The highest BCUT2D eigenvalue weighted by Crippen LogP contribution is 2.36. The number of nitrogens with zero attached hydrogens (tertiary/aromatic N) is 2. The Bertz CT molecular complexity index is 1050. The summed E-state index contributed by atoms with van der Waals surface area (Å²) in [5, 5.41) is 4.43. The lowest BCUT2D eigenvalue weighted by molar-refractivity contribution is 0.0884. The summed E-state index contributed by atoms with van der Waals surface area (Å²) >= 11 is 0. The number of para-hydroxylation sites is 1. The fourth-order valence-electron chi connectivity index (χ4n) is 5.46. The Hall–Kier alpha value is -2.59. The van der Waals surface area contributed by atoms with E-state index in [0.29, 0.717) is 12.1 Å². The number of fused-ring (bicyclic) bond motifs is 3. The number of rotatable bonds is 3. The summed E-state index contributed by atoms with van der Waals surface area (Å²) < 4.78 is 2.16. The van der Waals surface area contributed by atoms with Crippen molar-refractivity contribution >= 4 is 16.8 Å². The quantitative estimate of drug-likeness (QED) is 0.718. The molecule has 2 atom stereocenters. The topological polar surface area (TPSA) is 37.3 Å². The first-order valence-electron chi connectivity index (χ1n) is 10.7. The van der Waals surface area contributed by atoms with Crippen LogP contribution in [0.2, 0.25) is 0 Å². The third kappa shape index (κ3) is 3.06. The van der Waals surface area contributed by atoms with Crippen LogP contribution >= 0.6 is 0 Å². The number of carbonyl (C=O) groups excluding carboxylic acids is 1. The van der Waals surface area contributed by atoms with Gasteiger partial charge in [-0.05, 0) is 51.3 Å². The van der Waals surface area contributed by atoms with E-state index < -0.39 is 0 Å². The number of aromatic nitrogens is 1. The van der Waals surface area contributed by atoms with Crippen LogP contribution in [0.5, 0.6) is 0 Å². The molecule has 3 aromatic rings. The van der Waals surface area contributed by atoms with Crippen molar-refractivity contribution in [1.29, 1.82) is 0 Å². The first-order valence-corrected chi connectivity index (χ1v) is 10.7. The molecule has 1 N–H and O–H groups in total.